The molecule has 17 heavy (non-hydrogen) atoms. The van der Waals surface area contributed by atoms with Gasteiger partial charge in [0.1, 0.15) is 18.0 Å². The Morgan fingerprint density at radius 1 is 1.47 bits per heavy atom. The SMILES string of the molecule is CC(=O)OC[C@@](O)(CO)c1ccc(C)cc1O. The fraction of sp³-hybridized carbons (Fsp3) is 0.417. The zero-order chi connectivity index (χ0) is 13.1. The second-order valence-corrected chi connectivity index (χ2v) is 3.99. The van der Waals surface area contributed by atoms with Gasteiger partial charge < -0.3 is 20.1 Å². The van der Waals surface area contributed by atoms with E-state index in [4.69, 9.17) is 0 Å². The molecule has 0 spiro atoms. The number of hydrogen-bond acceptors (Lipinski definition) is 5. The summed E-state index contributed by atoms with van der Waals surface area (Å²) in [6, 6.07) is 4.64. The number of phenolic OH excluding ortho intramolecular Hbond substituents is 1. The second kappa shape index (κ2) is 5.16. The third-order valence-electron chi connectivity index (χ3n) is 2.43. The van der Waals surface area contributed by atoms with Crippen molar-refractivity contribution in [3.63, 3.8) is 0 Å². The van der Waals surface area contributed by atoms with E-state index in [9.17, 15) is 20.1 Å². The fourth-order valence-corrected chi connectivity index (χ4v) is 1.46. The summed E-state index contributed by atoms with van der Waals surface area (Å²) in [5, 5.41) is 29.0. The predicted octanol–water partition coefficient (Wildman–Crippen LogP) is 0.444. The van der Waals surface area contributed by atoms with E-state index < -0.39 is 24.8 Å². The van der Waals surface area contributed by atoms with Crippen molar-refractivity contribution >= 4 is 5.97 Å². The molecule has 1 atom stereocenters. The van der Waals surface area contributed by atoms with Gasteiger partial charge in [0.25, 0.3) is 0 Å². The van der Waals surface area contributed by atoms with Crippen LogP contribution in [0.5, 0.6) is 5.75 Å². The molecule has 0 aliphatic heterocycles. The van der Waals surface area contributed by atoms with Crippen LogP contribution in [0.4, 0.5) is 0 Å². The maximum Gasteiger partial charge on any atom is 0.302 e. The predicted molar refractivity (Wildman–Crippen MR) is 60.5 cm³/mol. The van der Waals surface area contributed by atoms with Gasteiger partial charge in [-0.1, -0.05) is 12.1 Å². The van der Waals surface area contributed by atoms with Crippen molar-refractivity contribution in [2.75, 3.05) is 13.2 Å². The van der Waals surface area contributed by atoms with E-state index in [1.54, 1.807) is 13.0 Å². The van der Waals surface area contributed by atoms with Gasteiger partial charge >= 0.3 is 5.97 Å². The van der Waals surface area contributed by atoms with Crippen LogP contribution in [0.3, 0.4) is 0 Å². The van der Waals surface area contributed by atoms with Gasteiger partial charge in [0.2, 0.25) is 0 Å². The Morgan fingerprint density at radius 3 is 2.59 bits per heavy atom. The highest BCUT2D eigenvalue weighted by Crippen LogP contribution is 2.30. The zero-order valence-corrected chi connectivity index (χ0v) is 9.80. The summed E-state index contributed by atoms with van der Waals surface area (Å²) < 4.78 is 4.68. The lowest BCUT2D eigenvalue weighted by molar-refractivity contribution is -0.152. The van der Waals surface area contributed by atoms with E-state index in [0.717, 1.165) is 5.56 Å². The van der Waals surface area contributed by atoms with Gasteiger partial charge in [0, 0.05) is 12.5 Å². The number of benzene rings is 1. The van der Waals surface area contributed by atoms with Gasteiger partial charge in [-0.2, -0.15) is 0 Å². The summed E-state index contributed by atoms with van der Waals surface area (Å²) in [4.78, 5) is 10.7. The lowest BCUT2D eigenvalue weighted by Crippen LogP contribution is -2.36. The van der Waals surface area contributed by atoms with Gasteiger partial charge in [-0.25, -0.2) is 0 Å². The first kappa shape index (κ1) is 13.5. The van der Waals surface area contributed by atoms with E-state index in [-0.39, 0.29) is 11.3 Å². The normalized spacial score (nSPS) is 14.1. The highest BCUT2D eigenvalue weighted by Gasteiger charge is 2.32. The molecule has 0 radical (unpaired) electrons. The Balaban J connectivity index is 3.02. The van der Waals surface area contributed by atoms with Crippen molar-refractivity contribution in [1.82, 2.24) is 0 Å². The van der Waals surface area contributed by atoms with Crippen molar-refractivity contribution in [2.45, 2.75) is 19.4 Å². The summed E-state index contributed by atoms with van der Waals surface area (Å²) in [6.07, 6.45) is 0. The minimum absolute atomic E-state index is 0.131. The number of carbonyl (C=O) groups is 1. The lowest BCUT2D eigenvalue weighted by Gasteiger charge is -2.26. The van der Waals surface area contributed by atoms with Gasteiger partial charge in [-0.15, -0.1) is 0 Å². The smallest absolute Gasteiger partial charge is 0.302 e. The van der Waals surface area contributed by atoms with Gasteiger partial charge in [0.15, 0.2) is 0 Å². The average Bonchev–Trinajstić information content (AvgIpc) is 2.26. The largest absolute Gasteiger partial charge is 0.508 e. The quantitative estimate of drug-likeness (QED) is 0.665. The van der Waals surface area contributed by atoms with Crippen molar-refractivity contribution in [3.05, 3.63) is 29.3 Å². The van der Waals surface area contributed by atoms with E-state index in [1.807, 2.05) is 0 Å². The maximum absolute atomic E-state index is 10.7. The molecule has 0 unspecified atom stereocenters. The van der Waals surface area contributed by atoms with Crippen LogP contribution >= 0.6 is 0 Å². The number of esters is 1. The van der Waals surface area contributed by atoms with Crippen LogP contribution in [-0.4, -0.2) is 34.5 Å². The third-order valence-corrected chi connectivity index (χ3v) is 2.43. The van der Waals surface area contributed by atoms with Gasteiger partial charge in [0.05, 0.1) is 6.61 Å². The molecular weight excluding hydrogens is 224 g/mol. The second-order valence-electron chi connectivity index (χ2n) is 3.99. The first-order chi connectivity index (χ1) is 7.89. The molecule has 1 aromatic rings. The van der Waals surface area contributed by atoms with E-state index in [1.165, 1.54) is 19.1 Å². The third kappa shape index (κ3) is 3.18. The Kier molecular flexibility index (Phi) is 4.09. The molecule has 0 aliphatic carbocycles. The number of carbonyl (C=O) groups excluding carboxylic acids is 1. The number of aromatic hydroxyl groups is 1. The minimum atomic E-state index is -1.79. The van der Waals surface area contributed by atoms with Crippen LogP contribution in [0.2, 0.25) is 0 Å². The van der Waals surface area contributed by atoms with Crippen LogP contribution in [0, 0.1) is 6.92 Å². The van der Waals surface area contributed by atoms with Crippen molar-refractivity contribution in [1.29, 1.82) is 0 Å². The van der Waals surface area contributed by atoms with Crippen LogP contribution < -0.4 is 0 Å². The summed E-state index contributed by atoms with van der Waals surface area (Å²) >= 11 is 0. The summed E-state index contributed by atoms with van der Waals surface area (Å²) in [5.41, 5.74) is -0.838. The molecule has 1 aromatic carbocycles. The molecule has 0 aliphatic rings. The molecule has 0 bridgehead atoms. The van der Waals surface area contributed by atoms with Gasteiger partial charge in [-0.3, -0.25) is 4.79 Å². The standard InChI is InChI=1S/C12H16O5/c1-8-3-4-10(11(15)5-8)12(16,6-13)7-17-9(2)14/h3-5,13,15-16H,6-7H2,1-2H3/t12-/m0/s1. The Morgan fingerprint density at radius 2 is 2.12 bits per heavy atom. The number of rotatable bonds is 4. The summed E-state index contributed by atoms with van der Waals surface area (Å²) in [6.45, 7) is 1.92. The van der Waals surface area contributed by atoms with E-state index in [0.29, 0.717) is 0 Å². The van der Waals surface area contributed by atoms with Crippen LogP contribution in [0.15, 0.2) is 18.2 Å². The van der Waals surface area contributed by atoms with Crippen molar-refractivity contribution < 1.29 is 24.9 Å². The first-order valence-electron chi connectivity index (χ1n) is 5.16. The number of aryl methyl sites for hydroxylation is 1. The number of hydrogen-bond donors (Lipinski definition) is 3. The molecule has 0 saturated carbocycles. The van der Waals surface area contributed by atoms with Crippen molar-refractivity contribution in [3.8, 4) is 5.75 Å². The number of aliphatic hydroxyl groups is 2. The maximum atomic E-state index is 10.7. The molecule has 0 amide bonds. The highest BCUT2D eigenvalue weighted by molar-refractivity contribution is 5.66. The number of aliphatic hydroxyl groups excluding tert-OH is 1. The molecule has 3 N–H and O–H groups in total. The van der Waals surface area contributed by atoms with Crippen molar-refractivity contribution in [2.24, 2.45) is 0 Å². The monoisotopic (exact) mass is 240 g/mol. The molecule has 0 heterocycles. The molecule has 1 rings (SSSR count). The van der Waals surface area contributed by atoms with Crippen LogP contribution in [-0.2, 0) is 15.1 Å². The molecule has 0 fully saturated rings. The molecule has 0 aromatic heterocycles. The van der Waals surface area contributed by atoms with Crippen LogP contribution in [0.25, 0.3) is 0 Å². The van der Waals surface area contributed by atoms with Crippen LogP contribution in [0.1, 0.15) is 18.1 Å². The molecular formula is C12H16O5. The highest BCUT2D eigenvalue weighted by atomic mass is 16.5. The molecule has 5 nitrogen and oxygen atoms in total. The van der Waals surface area contributed by atoms with E-state index in [2.05, 4.69) is 4.74 Å². The minimum Gasteiger partial charge on any atom is -0.508 e. The zero-order valence-electron chi connectivity index (χ0n) is 9.80. The lowest BCUT2D eigenvalue weighted by atomic mass is 9.93. The molecule has 5 heteroatoms. The first-order valence-corrected chi connectivity index (χ1v) is 5.16. The molecule has 94 valence electrons. The Labute approximate surface area is 99.3 Å². The van der Waals surface area contributed by atoms with Gasteiger partial charge in [-0.05, 0) is 18.6 Å². The topological polar surface area (TPSA) is 87.0 Å². The van der Waals surface area contributed by atoms with E-state index >= 15 is 0 Å². The summed E-state index contributed by atoms with van der Waals surface area (Å²) in [5.74, 6) is -0.711. The molecule has 0 saturated heterocycles. The summed E-state index contributed by atoms with van der Waals surface area (Å²) in [7, 11) is 0. The fourth-order valence-electron chi connectivity index (χ4n) is 1.46. The average molecular weight is 240 g/mol. The Hall–Kier alpha value is -1.59. The number of ether oxygens (including phenoxy) is 1. The Bertz CT molecular complexity index is 415. The number of phenols is 1.